The number of amides is 1. The highest BCUT2D eigenvalue weighted by atomic mass is 16.2. The van der Waals surface area contributed by atoms with Crippen molar-refractivity contribution in [2.45, 2.75) is 19.3 Å². The van der Waals surface area contributed by atoms with Crippen LogP contribution in [0.2, 0.25) is 0 Å². The van der Waals surface area contributed by atoms with Gasteiger partial charge in [-0.3, -0.25) is 9.78 Å². The first kappa shape index (κ1) is 13.5. The van der Waals surface area contributed by atoms with E-state index in [2.05, 4.69) is 27.6 Å². The maximum atomic E-state index is 12.1. The second-order valence-corrected chi connectivity index (χ2v) is 5.27. The van der Waals surface area contributed by atoms with Gasteiger partial charge in [0.2, 0.25) is 5.91 Å². The second-order valence-electron chi connectivity index (χ2n) is 5.27. The van der Waals surface area contributed by atoms with E-state index in [-0.39, 0.29) is 11.8 Å². The lowest BCUT2D eigenvalue weighted by molar-refractivity contribution is -0.122. The maximum absolute atomic E-state index is 12.1. The molecule has 1 aliphatic rings. The Kier molecular flexibility index (Phi) is 3.77. The van der Waals surface area contributed by atoms with Crippen molar-refractivity contribution in [3.05, 3.63) is 66.0 Å². The van der Waals surface area contributed by atoms with Crippen molar-refractivity contribution in [1.29, 1.82) is 0 Å². The largest absolute Gasteiger partial charge is 0.273 e. The van der Waals surface area contributed by atoms with Crippen LogP contribution in [0.4, 0.5) is 0 Å². The number of carbonyl (C=O) groups is 1. The van der Waals surface area contributed by atoms with E-state index in [1.54, 1.807) is 12.4 Å². The van der Waals surface area contributed by atoms with Crippen LogP contribution in [0.3, 0.4) is 0 Å². The third-order valence-electron chi connectivity index (χ3n) is 3.79. The van der Waals surface area contributed by atoms with Crippen LogP contribution in [0.15, 0.2) is 60.0 Å². The van der Waals surface area contributed by atoms with Gasteiger partial charge < -0.3 is 0 Å². The zero-order chi connectivity index (χ0) is 14.7. The van der Waals surface area contributed by atoms with Crippen molar-refractivity contribution >= 4 is 11.6 Å². The Hall–Kier alpha value is -2.49. The van der Waals surface area contributed by atoms with E-state index in [4.69, 9.17) is 0 Å². The molecule has 0 radical (unpaired) electrons. The standard InChI is InChI=1S/C17H17N3O/c1-12(13-7-9-18-10-8-13)19-20-17(21)16-11-15(16)14-5-3-2-4-6-14/h2-10,15-16H,11H2,1H3,(H,20,21)/b19-12-/t15-,16+/m1/s1. The highest BCUT2D eigenvalue weighted by molar-refractivity contribution is 5.99. The minimum absolute atomic E-state index is 0.00254. The number of nitrogens with one attached hydrogen (secondary N) is 1. The fraction of sp³-hybridized carbons (Fsp3) is 0.235. The minimum Gasteiger partial charge on any atom is -0.273 e. The molecule has 2 aromatic rings. The monoisotopic (exact) mass is 279 g/mol. The second kappa shape index (κ2) is 5.87. The molecule has 1 aliphatic carbocycles. The number of benzene rings is 1. The molecule has 4 heteroatoms. The fourth-order valence-corrected chi connectivity index (χ4v) is 2.43. The Morgan fingerprint density at radius 3 is 2.62 bits per heavy atom. The Morgan fingerprint density at radius 2 is 1.90 bits per heavy atom. The van der Waals surface area contributed by atoms with Crippen molar-refractivity contribution in [2.75, 3.05) is 0 Å². The number of hydrogen-bond donors (Lipinski definition) is 1. The number of hydrazone groups is 1. The Balaban J connectivity index is 1.59. The van der Waals surface area contributed by atoms with E-state index in [0.717, 1.165) is 17.7 Å². The summed E-state index contributed by atoms with van der Waals surface area (Å²) in [7, 11) is 0. The summed E-state index contributed by atoms with van der Waals surface area (Å²) in [6.07, 6.45) is 4.32. The fourth-order valence-electron chi connectivity index (χ4n) is 2.43. The van der Waals surface area contributed by atoms with Crippen LogP contribution in [0.5, 0.6) is 0 Å². The van der Waals surface area contributed by atoms with Gasteiger partial charge in [-0.2, -0.15) is 5.10 Å². The molecule has 0 bridgehead atoms. The molecule has 0 spiro atoms. The predicted molar refractivity (Wildman–Crippen MR) is 81.9 cm³/mol. The predicted octanol–water partition coefficient (Wildman–Crippen LogP) is 2.73. The van der Waals surface area contributed by atoms with Crippen LogP contribution in [0.1, 0.15) is 30.4 Å². The number of carbonyl (C=O) groups excluding carboxylic acids is 1. The summed E-state index contributed by atoms with van der Waals surface area (Å²) in [6.45, 7) is 1.87. The van der Waals surface area contributed by atoms with E-state index in [1.807, 2.05) is 37.3 Å². The quantitative estimate of drug-likeness (QED) is 0.691. The average molecular weight is 279 g/mol. The van der Waals surface area contributed by atoms with Gasteiger partial charge in [-0.1, -0.05) is 30.3 Å². The first-order valence-corrected chi connectivity index (χ1v) is 7.05. The first-order chi connectivity index (χ1) is 10.3. The van der Waals surface area contributed by atoms with Crippen LogP contribution in [0, 0.1) is 5.92 Å². The molecular formula is C17H17N3O. The van der Waals surface area contributed by atoms with Gasteiger partial charge in [0.15, 0.2) is 0 Å². The van der Waals surface area contributed by atoms with Crippen molar-refractivity contribution in [3.8, 4) is 0 Å². The molecule has 1 fully saturated rings. The molecular weight excluding hydrogens is 262 g/mol. The van der Waals surface area contributed by atoms with Gasteiger partial charge in [-0.15, -0.1) is 0 Å². The highest BCUT2D eigenvalue weighted by Crippen LogP contribution is 2.47. The van der Waals surface area contributed by atoms with E-state index in [0.29, 0.717) is 5.92 Å². The molecule has 106 valence electrons. The van der Waals surface area contributed by atoms with E-state index in [1.165, 1.54) is 5.56 Å². The first-order valence-electron chi connectivity index (χ1n) is 7.05. The van der Waals surface area contributed by atoms with Crippen molar-refractivity contribution in [1.82, 2.24) is 10.4 Å². The van der Waals surface area contributed by atoms with Gasteiger partial charge >= 0.3 is 0 Å². The summed E-state index contributed by atoms with van der Waals surface area (Å²) in [5, 5.41) is 4.17. The molecule has 1 N–H and O–H groups in total. The van der Waals surface area contributed by atoms with Crippen LogP contribution >= 0.6 is 0 Å². The third kappa shape index (κ3) is 3.16. The Labute approximate surface area is 123 Å². The van der Waals surface area contributed by atoms with Crippen molar-refractivity contribution in [3.63, 3.8) is 0 Å². The Morgan fingerprint density at radius 1 is 1.19 bits per heavy atom. The van der Waals surface area contributed by atoms with E-state index in [9.17, 15) is 4.79 Å². The number of rotatable bonds is 4. The van der Waals surface area contributed by atoms with Gasteiger partial charge in [0.25, 0.3) is 0 Å². The molecule has 1 aromatic carbocycles. The SMILES string of the molecule is C/C(=N/NC(=O)[C@H]1C[C@@H]1c1ccccc1)c1ccncc1. The minimum atomic E-state index is -0.00254. The highest BCUT2D eigenvalue weighted by Gasteiger charge is 2.43. The molecule has 0 unspecified atom stereocenters. The molecule has 0 saturated heterocycles. The molecule has 21 heavy (non-hydrogen) atoms. The van der Waals surface area contributed by atoms with Crippen molar-refractivity contribution in [2.24, 2.45) is 11.0 Å². The number of aromatic nitrogens is 1. The average Bonchev–Trinajstić information content (AvgIpc) is 3.35. The maximum Gasteiger partial charge on any atom is 0.243 e. The number of hydrogen-bond acceptors (Lipinski definition) is 3. The van der Waals surface area contributed by atoms with Gasteiger partial charge in [0.1, 0.15) is 0 Å². The summed E-state index contributed by atoms with van der Waals surface area (Å²) in [5.41, 5.74) is 5.64. The van der Waals surface area contributed by atoms with Crippen LogP contribution in [-0.2, 0) is 4.79 Å². The van der Waals surface area contributed by atoms with Crippen LogP contribution < -0.4 is 5.43 Å². The molecule has 1 aromatic heterocycles. The lowest BCUT2D eigenvalue weighted by Crippen LogP contribution is -2.21. The summed E-state index contributed by atoms with van der Waals surface area (Å²) >= 11 is 0. The lowest BCUT2D eigenvalue weighted by Gasteiger charge is -2.03. The number of nitrogens with zero attached hydrogens (tertiary/aromatic N) is 2. The normalized spacial score (nSPS) is 20.9. The summed E-state index contributed by atoms with van der Waals surface area (Å²) < 4.78 is 0. The van der Waals surface area contributed by atoms with Crippen LogP contribution in [-0.4, -0.2) is 16.6 Å². The zero-order valence-corrected chi connectivity index (χ0v) is 11.9. The van der Waals surface area contributed by atoms with Gasteiger partial charge in [0, 0.05) is 23.9 Å². The lowest BCUT2D eigenvalue weighted by atomic mass is 10.1. The van der Waals surface area contributed by atoms with Gasteiger partial charge in [-0.05, 0) is 37.0 Å². The summed E-state index contributed by atoms with van der Waals surface area (Å²) in [5.74, 6) is 0.376. The number of pyridine rings is 1. The molecule has 2 atom stereocenters. The summed E-state index contributed by atoms with van der Waals surface area (Å²) in [6, 6.07) is 13.9. The zero-order valence-electron chi connectivity index (χ0n) is 11.9. The van der Waals surface area contributed by atoms with Crippen molar-refractivity contribution < 1.29 is 4.79 Å². The molecule has 4 nitrogen and oxygen atoms in total. The van der Waals surface area contributed by atoms with E-state index >= 15 is 0 Å². The van der Waals surface area contributed by atoms with Gasteiger partial charge in [0.05, 0.1) is 5.71 Å². The third-order valence-corrected chi connectivity index (χ3v) is 3.79. The Bertz CT molecular complexity index is 652. The molecule has 0 aliphatic heterocycles. The van der Waals surface area contributed by atoms with Gasteiger partial charge in [-0.25, -0.2) is 5.43 Å². The van der Waals surface area contributed by atoms with E-state index < -0.39 is 0 Å². The molecule has 1 heterocycles. The smallest absolute Gasteiger partial charge is 0.243 e. The van der Waals surface area contributed by atoms with Crippen LogP contribution in [0.25, 0.3) is 0 Å². The summed E-state index contributed by atoms with van der Waals surface area (Å²) in [4.78, 5) is 16.1. The topological polar surface area (TPSA) is 54.4 Å². The molecule has 3 rings (SSSR count). The molecule has 1 saturated carbocycles. The molecule has 1 amide bonds.